The van der Waals surface area contributed by atoms with Crippen LogP contribution in [0.2, 0.25) is 0 Å². The summed E-state index contributed by atoms with van der Waals surface area (Å²) in [6.07, 6.45) is 0. The number of benzene rings is 1. The van der Waals surface area contributed by atoms with Crippen molar-refractivity contribution in [2.24, 2.45) is 14.1 Å². The Labute approximate surface area is 121 Å². The molecule has 1 N–H and O–H groups in total. The van der Waals surface area contributed by atoms with E-state index in [9.17, 15) is 9.59 Å². The number of hydrogen-bond donors (Lipinski definition) is 1. The minimum atomic E-state index is -0.282. The van der Waals surface area contributed by atoms with Crippen molar-refractivity contribution in [2.45, 2.75) is 0 Å². The van der Waals surface area contributed by atoms with Gasteiger partial charge < -0.3 is 10.2 Å². The molecular formula is C13H17ClN4O2. The Morgan fingerprint density at radius 2 is 1.80 bits per heavy atom. The number of imidazole rings is 1. The standard InChI is InChI=1S/C13H17ClN4O2/c1-16(2)9-6-11-10(17(3)13(20)18(11)4)5-8(9)15-12(19)7-14/h5-6H,7H2,1-4H3,(H,15,19). The second-order valence-electron chi connectivity index (χ2n) is 4.83. The molecule has 0 saturated heterocycles. The molecule has 7 heteroatoms. The second-order valence-corrected chi connectivity index (χ2v) is 5.10. The maximum atomic E-state index is 12.0. The van der Waals surface area contributed by atoms with Crippen molar-refractivity contribution >= 4 is 39.9 Å². The summed E-state index contributed by atoms with van der Waals surface area (Å²) in [6, 6.07) is 3.66. The maximum Gasteiger partial charge on any atom is 0.328 e. The second kappa shape index (κ2) is 5.20. The van der Waals surface area contributed by atoms with E-state index in [2.05, 4.69) is 5.32 Å². The average Bonchev–Trinajstić information content (AvgIpc) is 2.62. The molecule has 0 unspecified atom stereocenters. The van der Waals surface area contributed by atoms with E-state index in [0.717, 1.165) is 16.7 Å². The summed E-state index contributed by atoms with van der Waals surface area (Å²) in [5.41, 5.74) is 2.91. The highest BCUT2D eigenvalue weighted by Gasteiger charge is 2.14. The molecule has 20 heavy (non-hydrogen) atoms. The minimum absolute atomic E-state index is 0.106. The zero-order chi connectivity index (χ0) is 15.0. The van der Waals surface area contributed by atoms with Crippen LogP contribution in [0.5, 0.6) is 0 Å². The lowest BCUT2D eigenvalue weighted by Gasteiger charge is -2.18. The van der Waals surface area contributed by atoms with Gasteiger partial charge in [-0.05, 0) is 12.1 Å². The highest BCUT2D eigenvalue weighted by molar-refractivity contribution is 6.29. The highest BCUT2D eigenvalue weighted by atomic mass is 35.5. The van der Waals surface area contributed by atoms with Crippen molar-refractivity contribution in [1.82, 2.24) is 9.13 Å². The van der Waals surface area contributed by atoms with Gasteiger partial charge in [-0.25, -0.2) is 4.79 Å². The van der Waals surface area contributed by atoms with Gasteiger partial charge in [0.05, 0.1) is 22.4 Å². The van der Waals surface area contributed by atoms with E-state index in [1.807, 2.05) is 25.1 Å². The van der Waals surface area contributed by atoms with E-state index < -0.39 is 0 Å². The molecule has 1 amide bonds. The molecular weight excluding hydrogens is 280 g/mol. The fourth-order valence-corrected chi connectivity index (χ4v) is 2.25. The Hall–Kier alpha value is -1.95. The van der Waals surface area contributed by atoms with Gasteiger partial charge in [0.2, 0.25) is 5.91 Å². The number of carbonyl (C=O) groups excluding carboxylic acids is 1. The summed E-state index contributed by atoms with van der Waals surface area (Å²) in [4.78, 5) is 25.4. The van der Waals surface area contributed by atoms with Crippen LogP contribution < -0.4 is 15.9 Å². The zero-order valence-electron chi connectivity index (χ0n) is 11.9. The maximum absolute atomic E-state index is 12.0. The first-order chi connectivity index (χ1) is 9.36. The molecule has 0 aliphatic rings. The Kier molecular flexibility index (Phi) is 3.76. The number of hydrogen-bond acceptors (Lipinski definition) is 3. The minimum Gasteiger partial charge on any atom is -0.376 e. The number of fused-ring (bicyclic) bond motifs is 1. The van der Waals surface area contributed by atoms with Crippen LogP contribution in [0.3, 0.4) is 0 Å². The van der Waals surface area contributed by atoms with Gasteiger partial charge in [0.15, 0.2) is 0 Å². The third-order valence-corrected chi connectivity index (χ3v) is 3.51. The first-order valence-electron chi connectivity index (χ1n) is 6.09. The van der Waals surface area contributed by atoms with Crippen LogP contribution in [0.1, 0.15) is 0 Å². The van der Waals surface area contributed by atoms with Crippen LogP contribution in [0.4, 0.5) is 11.4 Å². The molecule has 2 aromatic rings. The summed E-state index contributed by atoms with van der Waals surface area (Å²) in [5, 5.41) is 2.75. The molecule has 0 fully saturated rings. The average molecular weight is 297 g/mol. The molecule has 6 nitrogen and oxygen atoms in total. The molecule has 1 heterocycles. The van der Waals surface area contributed by atoms with Gasteiger partial charge in [0, 0.05) is 28.2 Å². The summed E-state index contributed by atoms with van der Waals surface area (Å²) >= 11 is 5.53. The predicted octanol–water partition coefficient (Wildman–Crippen LogP) is 1.12. The quantitative estimate of drug-likeness (QED) is 0.864. The van der Waals surface area contributed by atoms with Crippen LogP contribution in [-0.4, -0.2) is 35.0 Å². The number of carbonyl (C=O) groups is 1. The van der Waals surface area contributed by atoms with E-state index in [-0.39, 0.29) is 17.5 Å². The summed E-state index contributed by atoms with van der Waals surface area (Å²) < 4.78 is 3.13. The van der Waals surface area contributed by atoms with Crippen molar-refractivity contribution in [3.05, 3.63) is 22.6 Å². The Morgan fingerprint density at radius 3 is 2.30 bits per heavy atom. The summed E-state index contributed by atoms with van der Waals surface area (Å²) in [7, 11) is 7.17. The lowest BCUT2D eigenvalue weighted by molar-refractivity contribution is -0.113. The third kappa shape index (κ3) is 2.27. The molecule has 1 aromatic heterocycles. The number of aromatic nitrogens is 2. The molecule has 2 rings (SSSR count). The Morgan fingerprint density at radius 1 is 1.25 bits per heavy atom. The van der Waals surface area contributed by atoms with E-state index in [1.165, 1.54) is 0 Å². The molecule has 108 valence electrons. The van der Waals surface area contributed by atoms with Gasteiger partial charge >= 0.3 is 5.69 Å². The lowest BCUT2D eigenvalue weighted by atomic mass is 10.2. The van der Waals surface area contributed by atoms with Crippen molar-refractivity contribution < 1.29 is 4.79 Å². The van der Waals surface area contributed by atoms with Crippen molar-refractivity contribution in [3.8, 4) is 0 Å². The predicted molar refractivity (Wildman–Crippen MR) is 81.8 cm³/mol. The first kappa shape index (κ1) is 14.5. The monoisotopic (exact) mass is 296 g/mol. The molecule has 0 aliphatic carbocycles. The number of aryl methyl sites for hydroxylation is 2. The van der Waals surface area contributed by atoms with Gasteiger partial charge in [-0.2, -0.15) is 0 Å². The van der Waals surface area contributed by atoms with Gasteiger partial charge in [0.1, 0.15) is 5.88 Å². The van der Waals surface area contributed by atoms with E-state index in [1.54, 1.807) is 29.3 Å². The summed E-state index contributed by atoms with van der Waals surface area (Å²) in [6.45, 7) is 0. The number of anilines is 2. The van der Waals surface area contributed by atoms with Crippen LogP contribution in [-0.2, 0) is 18.9 Å². The Balaban J connectivity index is 2.72. The lowest BCUT2D eigenvalue weighted by Crippen LogP contribution is -2.19. The molecule has 0 radical (unpaired) electrons. The SMILES string of the molecule is CN(C)c1cc2c(cc1NC(=O)CCl)n(C)c(=O)n2C. The van der Waals surface area contributed by atoms with Gasteiger partial charge in [-0.1, -0.05) is 0 Å². The van der Waals surface area contributed by atoms with E-state index in [4.69, 9.17) is 11.6 Å². The van der Waals surface area contributed by atoms with E-state index in [0.29, 0.717) is 5.69 Å². The van der Waals surface area contributed by atoms with E-state index >= 15 is 0 Å². The number of alkyl halides is 1. The van der Waals surface area contributed by atoms with Crippen molar-refractivity contribution in [2.75, 3.05) is 30.2 Å². The van der Waals surface area contributed by atoms with Crippen LogP contribution in [0.25, 0.3) is 11.0 Å². The molecule has 0 spiro atoms. The third-order valence-electron chi connectivity index (χ3n) is 3.27. The molecule has 0 saturated carbocycles. The fraction of sp³-hybridized carbons (Fsp3) is 0.385. The van der Waals surface area contributed by atoms with Gasteiger partial charge in [-0.15, -0.1) is 11.6 Å². The summed E-state index contributed by atoms with van der Waals surface area (Å²) in [5.74, 6) is -0.395. The number of amides is 1. The Bertz CT molecular complexity index is 730. The largest absolute Gasteiger partial charge is 0.376 e. The zero-order valence-corrected chi connectivity index (χ0v) is 12.7. The first-order valence-corrected chi connectivity index (χ1v) is 6.63. The van der Waals surface area contributed by atoms with Crippen molar-refractivity contribution in [3.63, 3.8) is 0 Å². The number of halogens is 1. The molecule has 0 aliphatic heterocycles. The topological polar surface area (TPSA) is 59.3 Å². The highest BCUT2D eigenvalue weighted by Crippen LogP contribution is 2.29. The van der Waals surface area contributed by atoms with Crippen LogP contribution >= 0.6 is 11.6 Å². The molecule has 0 atom stereocenters. The normalized spacial score (nSPS) is 10.8. The van der Waals surface area contributed by atoms with Crippen molar-refractivity contribution in [1.29, 1.82) is 0 Å². The smallest absolute Gasteiger partial charge is 0.328 e. The van der Waals surface area contributed by atoms with Crippen LogP contribution in [0, 0.1) is 0 Å². The van der Waals surface area contributed by atoms with Crippen LogP contribution in [0.15, 0.2) is 16.9 Å². The fourth-order valence-electron chi connectivity index (χ4n) is 2.19. The number of nitrogens with zero attached hydrogens (tertiary/aromatic N) is 3. The van der Waals surface area contributed by atoms with Gasteiger partial charge in [-0.3, -0.25) is 13.9 Å². The molecule has 0 bridgehead atoms. The number of rotatable bonds is 3. The van der Waals surface area contributed by atoms with Gasteiger partial charge in [0.25, 0.3) is 0 Å². The molecule has 1 aromatic carbocycles. The number of nitrogens with one attached hydrogen (secondary N) is 1.